The van der Waals surface area contributed by atoms with Crippen molar-refractivity contribution in [3.05, 3.63) is 295 Å². The second-order valence-corrected chi connectivity index (χ2v) is 20.3. The molecule has 6 heteroatoms. The van der Waals surface area contributed by atoms with E-state index in [0.717, 1.165) is 24.1 Å². The van der Waals surface area contributed by atoms with Gasteiger partial charge in [0.15, 0.2) is 0 Å². The first kappa shape index (κ1) is 49.6. The molecule has 0 aliphatic heterocycles. The van der Waals surface area contributed by atoms with Gasteiger partial charge in [0, 0.05) is 52.5 Å². The Labute approximate surface area is 450 Å². The molecule has 0 N–H and O–H groups in total. The number of aliphatic imine (C=N–C) groups is 1. The molecule has 4 nitrogen and oxygen atoms in total. The van der Waals surface area contributed by atoms with Crippen molar-refractivity contribution in [3.8, 4) is 0 Å². The summed E-state index contributed by atoms with van der Waals surface area (Å²) in [5.74, 6) is 0.965. The highest BCUT2D eigenvalue weighted by Gasteiger charge is 2.49. The molecule has 0 radical (unpaired) electrons. The summed E-state index contributed by atoms with van der Waals surface area (Å²) in [6, 6.07) is 78.4. The van der Waals surface area contributed by atoms with Gasteiger partial charge in [-0.3, -0.25) is 4.99 Å². The van der Waals surface area contributed by atoms with E-state index in [2.05, 4.69) is 254 Å². The minimum absolute atomic E-state index is 0.0689. The van der Waals surface area contributed by atoms with E-state index < -0.39 is 0 Å². The number of hydrogen-bond acceptors (Lipinski definition) is 2. The van der Waals surface area contributed by atoms with E-state index in [4.69, 9.17) is 4.99 Å². The lowest BCUT2D eigenvalue weighted by atomic mass is 9.37. The first-order valence-electron chi connectivity index (χ1n) is 26.9. The van der Waals surface area contributed by atoms with Crippen LogP contribution in [0.5, 0.6) is 0 Å². The van der Waals surface area contributed by atoms with Crippen LogP contribution in [0.3, 0.4) is 0 Å². The van der Waals surface area contributed by atoms with Gasteiger partial charge in [0.05, 0.1) is 28.9 Å². The van der Waals surface area contributed by atoms with Crippen LogP contribution in [0.1, 0.15) is 41.6 Å². The van der Waals surface area contributed by atoms with Crippen molar-refractivity contribution in [1.29, 1.82) is 0 Å². The largest absolute Gasteiger partial charge is 0.360 e. The van der Waals surface area contributed by atoms with Crippen molar-refractivity contribution in [2.45, 2.75) is 45.8 Å². The topological polar surface area (TPSA) is 25.5 Å². The molecule has 0 amide bonds. The quantitative estimate of drug-likeness (QED) is 0.0538. The number of aromatic nitrogens is 2. The predicted molar refractivity (Wildman–Crippen MR) is 329 cm³/mol. The second-order valence-electron chi connectivity index (χ2n) is 20.3. The zero-order valence-electron chi connectivity index (χ0n) is 44.0. The van der Waals surface area contributed by atoms with E-state index in [1.807, 2.05) is 48.6 Å². The summed E-state index contributed by atoms with van der Waals surface area (Å²) in [7, 11) is 2.28. The number of likely N-dealkylation sites (N-methyl/N-ethyl adjacent to an activating group) is 1. The number of fused-ring (bicyclic) bond motifs is 9. The first-order chi connectivity index (χ1) is 37.5. The van der Waals surface area contributed by atoms with Gasteiger partial charge in [-0.2, -0.15) is 0 Å². The van der Waals surface area contributed by atoms with Crippen LogP contribution < -0.4 is 21.9 Å². The molecule has 2 atom stereocenters. The van der Waals surface area contributed by atoms with Gasteiger partial charge in [-0.25, -0.2) is 0 Å². The zero-order chi connectivity index (χ0) is 51.8. The summed E-state index contributed by atoms with van der Waals surface area (Å²) in [4.78, 5) is 7.99. The van der Waals surface area contributed by atoms with E-state index in [1.165, 1.54) is 77.1 Å². The monoisotopic (exact) mass is 983 g/mol. The molecule has 2 aromatic heterocycles. The average Bonchev–Trinajstić information content (AvgIpc) is 4.25. The van der Waals surface area contributed by atoms with Crippen LogP contribution in [0.25, 0.3) is 38.8 Å². The third-order valence-corrected chi connectivity index (χ3v) is 15.5. The van der Waals surface area contributed by atoms with Gasteiger partial charge in [0.25, 0.3) is 0 Å². The molecule has 2 unspecified atom stereocenters. The third kappa shape index (κ3) is 10.3. The van der Waals surface area contributed by atoms with Crippen LogP contribution in [0, 0.1) is 5.92 Å². The van der Waals surface area contributed by atoms with Crippen LogP contribution in [-0.4, -0.2) is 40.2 Å². The van der Waals surface area contributed by atoms with Crippen LogP contribution in [-0.2, 0) is 19.8 Å². The molecular formula is C70H64B2N4. The van der Waals surface area contributed by atoms with E-state index in [-0.39, 0.29) is 6.71 Å². The smallest absolute Gasteiger partial charge is 0.241 e. The molecule has 0 bridgehead atoms. The molecule has 10 aromatic rings. The van der Waals surface area contributed by atoms with Crippen molar-refractivity contribution in [2.75, 3.05) is 7.05 Å². The number of hydrogen-bond donors (Lipinski definition) is 0. The zero-order valence-corrected chi connectivity index (χ0v) is 44.0. The molecule has 1 saturated carbocycles. The predicted octanol–water partition coefficient (Wildman–Crippen LogP) is 13.8. The van der Waals surface area contributed by atoms with E-state index in [9.17, 15) is 0 Å². The van der Waals surface area contributed by atoms with Gasteiger partial charge >= 0.3 is 0 Å². The van der Waals surface area contributed by atoms with Gasteiger partial charge in [-0.05, 0) is 48.6 Å². The molecule has 2 heterocycles. The molecule has 2 aliphatic rings. The molecule has 370 valence electrons. The van der Waals surface area contributed by atoms with Crippen molar-refractivity contribution in [1.82, 2.24) is 14.0 Å². The van der Waals surface area contributed by atoms with E-state index >= 15 is 0 Å². The summed E-state index contributed by atoms with van der Waals surface area (Å²) in [5, 5.41) is 3.78. The fourth-order valence-electron chi connectivity index (χ4n) is 11.7. The molecule has 12 rings (SSSR count). The molecule has 0 spiro atoms. The lowest BCUT2D eigenvalue weighted by Crippen LogP contribution is -2.51. The Bertz CT molecular complexity index is 3690. The average molecular weight is 983 g/mol. The van der Waals surface area contributed by atoms with Crippen LogP contribution >= 0.6 is 0 Å². The molecule has 76 heavy (non-hydrogen) atoms. The Morgan fingerprint density at radius 3 is 1.80 bits per heavy atom. The Hall–Kier alpha value is -8.60. The molecule has 8 aromatic carbocycles. The highest BCUT2D eigenvalue weighted by molar-refractivity contribution is 6.95. The summed E-state index contributed by atoms with van der Waals surface area (Å²) < 4.78 is 5.21. The van der Waals surface area contributed by atoms with E-state index in [0.29, 0.717) is 31.9 Å². The maximum atomic E-state index is 5.50. The lowest BCUT2D eigenvalue weighted by Gasteiger charge is -2.27. The summed E-state index contributed by atoms with van der Waals surface area (Å²) in [6.45, 7) is 10.1. The third-order valence-electron chi connectivity index (χ3n) is 15.5. The second kappa shape index (κ2) is 22.9. The number of benzene rings is 8. The van der Waals surface area contributed by atoms with Crippen LogP contribution in [0.15, 0.2) is 278 Å². The SMILES string of the molecule is C=C/C=C\C(=N/Cn1c2ccc(B(c3ccccc3)c3ccccc3)cc2c2ccc3c4c(n(CN(C)/C(=C\C=C/C)Cc5ccccc5)c3c21)C1CC1C(B(C)c1ccccc1)=C4)c1ccccc1.c1ccccc1. The Kier molecular flexibility index (Phi) is 14.9. The van der Waals surface area contributed by atoms with Gasteiger partial charge in [0.1, 0.15) is 6.67 Å². The summed E-state index contributed by atoms with van der Waals surface area (Å²) in [6.07, 6.45) is 17.1. The summed E-state index contributed by atoms with van der Waals surface area (Å²) >= 11 is 0. The Morgan fingerprint density at radius 2 is 1.18 bits per heavy atom. The van der Waals surface area contributed by atoms with E-state index in [1.54, 1.807) is 5.47 Å². The van der Waals surface area contributed by atoms with Crippen molar-refractivity contribution in [2.24, 2.45) is 10.9 Å². The van der Waals surface area contributed by atoms with Gasteiger partial charge in [0.2, 0.25) is 13.4 Å². The fourth-order valence-corrected chi connectivity index (χ4v) is 11.7. The standard InChI is InChI=1S/C64H58B2N4.C6H6/c1-5-7-34-52(40-46-24-14-9-15-25-46)68(4)45-70-62-57-42-55(57)59(65(3)48-28-18-11-19-29-48)43-58(62)54-38-37-53-56-41-51(66(49-30-20-12-21-31-49)50-32-22-13-23-33-50)36-39-61(56)69(63(53)64(54)70)44-67-60(35-8-6-2)47-26-16-10-17-27-47;1-2-4-6-5-3-1/h5-39,41,43,55,57H,2,40,42,44-45H2,1,3-4H3;1-6H/b7-5-,35-8-,52-34-,67-60+;. The minimum Gasteiger partial charge on any atom is -0.360 e. The highest BCUT2D eigenvalue weighted by Crippen LogP contribution is 2.59. The fraction of sp³-hybridized carbons (Fsp3) is 0.129. The number of allylic oxidation sites excluding steroid dienone is 8. The highest BCUT2D eigenvalue weighted by atomic mass is 15.2. The lowest BCUT2D eigenvalue weighted by molar-refractivity contribution is 0.329. The molecular weight excluding hydrogens is 918 g/mol. The maximum absolute atomic E-state index is 5.50. The van der Waals surface area contributed by atoms with Crippen molar-refractivity contribution in [3.63, 3.8) is 0 Å². The van der Waals surface area contributed by atoms with Crippen molar-refractivity contribution < 1.29 is 0 Å². The normalized spacial score (nSPS) is 15.1. The molecule has 2 aliphatic carbocycles. The van der Waals surface area contributed by atoms with Crippen LogP contribution in [0.2, 0.25) is 6.82 Å². The minimum atomic E-state index is 0.0689. The maximum Gasteiger partial charge on any atom is 0.241 e. The number of nitrogens with zero attached hydrogens (tertiary/aromatic N) is 4. The van der Waals surface area contributed by atoms with Gasteiger partial charge < -0.3 is 14.0 Å². The van der Waals surface area contributed by atoms with Gasteiger partial charge in [-0.1, -0.05) is 283 Å². The molecule has 1 fully saturated rings. The van der Waals surface area contributed by atoms with Crippen molar-refractivity contribution >= 4 is 79.8 Å². The first-order valence-corrected chi connectivity index (χ1v) is 26.9. The Morgan fingerprint density at radius 1 is 0.618 bits per heavy atom. The molecule has 0 saturated heterocycles. The van der Waals surface area contributed by atoms with Gasteiger partial charge in [-0.15, -0.1) is 0 Å². The van der Waals surface area contributed by atoms with Crippen LogP contribution in [0.4, 0.5) is 0 Å². The summed E-state index contributed by atoms with van der Waals surface area (Å²) in [5.41, 5.74) is 17.8. The number of rotatable bonds is 16. The Balaban J connectivity index is 0.000000962.